The Kier molecular flexibility index (Phi) is 5.21. The molecular weight excluding hydrogens is 336 g/mol. The molecule has 0 radical (unpaired) electrons. The first kappa shape index (κ1) is 18.0. The highest BCUT2D eigenvalue weighted by atomic mass is 14.2. The summed E-state index contributed by atoms with van der Waals surface area (Å²) in [6.45, 7) is 4.28. The third kappa shape index (κ3) is 3.54. The molecule has 28 heavy (non-hydrogen) atoms. The van der Waals surface area contributed by atoms with E-state index in [0.717, 1.165) is 0 Å². The van der Waals surface area contributed by atoms with Gasteiger partial charge < -0.3 is 0 Å². The van der Waals surface area contributed by atoms with E-state index in [4.69, 9.17) is 0 Å². The van der Waals surface area contributed by atoms with E-state index in [0.29, 0.717) is 0 Å². The monoisotopic (exact) mass is 360 g/mol. The fraction of sp³-hybridized carbons (Fsp3) is 0.0714. The predicted molar refractivity (Wildman–Crippen MR) is 122 cm³/mol. The van der Waals surface area contributed by atoms with Gasteiger partial charge in [-0.3, -0.25) is 0 Å². The van der Waals surface area contributed by atoms with Crippen LogP contribution in [-0.4, -0.2) is 0 Å². The van der Waals surface area contributed by atoms with Crippen molar-refractivity contribution in [1.82, 2.24) is 0 Å². The van der Waals surface area contributed by atoms with Gasteiger partial charge in [0.1, 0.15) is 0 Å². The fourth-order valence-corrected chi connectivity index (χ4v) is 3.64. The third-order valence-corrected chi connectivity index (χ3v) is 5.26. The molecular formula is C28H24. The maximum absolute atomic E-state index is 2.33. The Morgan fingerprint density at radius 3 is 1.36 bits per heavy atom. The van der Waals surface area contributed by atoms with E-state index < -0.39 is 0 Å². The topological polar surface area (TPSA) is 0 Å². The number of hydrogen-bond donors (Lipinski definition) is 0. The zero-order valence-corrected chi connectivity index (χ0v) is 16.4. The standard InChI is InChI=1S/C28H24/c1-3-21(2)25-19-26(22-13-7-4-8-14-22)28(24-17-11-6-12-18-24)27(20-25)23-15-9-5-10-16-23/h3-20H,1-2H3. The highest BCUT2D eigenvalue weighted by Crippen LogP contribution is 2.42. The Hall–Kier alpha value is -3.38. The minimum atomic E-state index is 1.24. The minimum absolute atomic E-state index is 1.24. The normalized spacial score (nSPS) is 11.4. The predicted octanol–water partition coefficient (Wildman–Crippen LogP) is 8.11. The van der Waals surface area contributed by atoms with Gasteiger partial charge in [0.25, 0.3) is 0 Å². The fourth-order valence-electron chi connectivity index (χ4n) is 3.64. The van der Waals surface area contributed by atoms with Crippen LogP contribution in [0.2, 0.25) is 0 Å². The van der Waals surface area contributed by atoms with Crippen LogP contribution in [0.25, 0.3) is 39.0 Å². The summed E-state index contributed by atoms with van der Waals surface area (Å²) in [4.78, 5) is 0. The third-order valence-electron chi connectivity index (χ3n) is 5.26. The first-order valence-electron chi connectivity index (χ1n) is 9.75. The second-order valence-electron chi connectivity index (χ2n) is 7.02. The van der Waals surface area contributed by atoms with Gasteiger partial charge in [-0.25, -0.2) is 0 Å². The number of rotatable bonds is 4. The second-order valence-corrected chi connectivity index (χ2v) is 7.02. The van der Waals surface area contributed by atoms with Crippen molar-refractivity contribution in [3.8, 4) is 33.4 Å². The molecule has 136 valence electrons. The van der Waals surface area contributed by atoms with Crippen LogP contribution in [-0.2, 0) is 0 Å². The maximum atomic E-state index is 2.33. The lowest BCUT2D eigenvalue weighted by Gasteiger charge is -2.19. The van der Waals surface area contributed by atoms with Gasteiger partial charge >= 0.3 is 0 Å². The van der Waals surface area contributed by atoms with E-state index in [1.54, 1.807) is 0 Å². The number of hydrogen-bond acceptors (Lipinski definition) is 0. The highest BCUT2D eigenvalue weighted by Gasteiger charge is 2.16. The molecule has 4 rings (SSSR count). The van der Waals surface area contributed by atoms with Crippen LogP contribution in [0.3, 0.4) is 0 Å². The molecule has 0 aliphatic heterocycles. The molecule has 4 aromatic carbocycles. The van der Waals surface area contributed by atoms with Crippen LogP contribution in [0.5, 0.6) is 0 Å². The summed E-state index contributed by atoms with van der Waals surface area (Å²) in [6, 6.07) is 36.8. The average Bonchev–Trinajstić information content (AvgIpc) is 2.79. The Morgan fingerprint density at radius 2 is 0.964 bits per heavy atom. The summed E-state index contributed by atoms with van der Waals surface area (Å²) in [5.74, 6) is 0. The summed E-state index contributed by atoms with van der Waals surface area (Å²) < 4.78 is 0. The molecule has 0 unspecified atom stereocenters. The van der Waals surface area contributed by atoms with Crippen LogP contribution < -0.4 is 0 Å². The summed E-state index contributed by atoms with van der Waals surface area (Å²) >= 11 is 0. The molecule has 0 atom stereocenters. The van der Waals surface area contributed by atoms with Crippen molar-refractivity contribution in [3.63, 3.8) is 0 Å². The zero-order valence-electron chi connectivity index (χ0n) is 16.4. The number of allylic oxidation sites excluding steroid dienone is 2. The van der Waals surface area contributed by atoms with Gasteiger partial charge in [0.05, 0.1) is 0 Å². The van der Waals surface area contributed by atoms with Crippen molar-refractivity contribution in [2.24, 2.45) is 0 Å². The molecule has 0 heterocycles. The highest BCUT2D eigenvalue weighted by molar-refractivity contribution is 5.96. The smallest absolute Gasteiger partial charge is 0.00264 e. The SMILES string of the molecule is CC=C(C)c1cc(-c2ccccc2)c(-c2ccccc2)c(-c2ccccc2)c1. The first-order valence-corrected chi connectivity index (χ1v) is 9.75. The molecule has 0 saturated carbocycles. The molecule has 0 N–H and O–H groups in total. The van der Waals surface area contributed by atoms with Crippen LogP contribution in [0, 0.1) is 0 Å². The molecule has 0 amide bonds. The Balaban J connectivity index is 2.11. The lowest BCUT2D eigenvalue weighted by atomic mass is 9.85. The lowest BCUT2D eigenvalue weighted by molar-refractivity contribution is 1.50. The van der Waals surface area contributed by atoms with Gasteiger partial charge in [0, 0.05) is 0 Å². The van der Waals surface area contributed by atoms with E-state index in [-0.39, 0.29) is 0 Å². The second kappa shape index (κ2) is 8.10. The Morgan fingerprint density at radius 1 is 0.571 bits per heavy atom. The summed E-state index contributed by atoms with van der Waals surface area (Å²) in [5, 5.41) is 0. The van der Waals surface area contributed by atoms with Gasteiger partial charge in [-0.1, -0.05) is 97.1 Å². The van der Waals surface area contributed by atoms with E-state index >= 15 is 0 Å². The lowest BCUT2D eigenvalue weighted by Crippen LogP contribution is -1.94. The van der Waals surface area contributed by atoms with Crippen LogP contribution in [0.4, 0.5) is 0 Å². The van der Waals surface area contributed by atoms with Crippen molar-refractivity contribution >= 4 is 5.57 Å². The molecule has 0 saturated heterocycles. The summed E-state index contributed by atoms with van der Waals surface area (Å²) in [7, 11) is 0. The van der Waals surface area contributed by atoms with Crippen molar-refractivity contribution in [3.05, 3.63) is 115 Å². The molecule has 4 aromatic rings. The van der Waals surface area contributed by atoms with E-state index in [1.807, 2.05) is 0 Å². The van der Waals surface area contributed by atoms with Gasteiger partial charge in [0.15, 0.2) is 0 Å². The van der Waals surface area contributed by atoms with E-state index in [2.05, 4.69) is 123 Å². The summed E-state index contributed by atoms with van der Waals surface area (Å²) in [5.41, 5.74) is 10.1. The molecule has 0 fully saturated rings. The van der Waals surface area contributed by atoms with Gasteiger partial charge in [-0.2, -0.15) is 0 Å². The van der Waals surface area contributed by atoms with Crippen molar-refractivity contribution < 1.29 is 0 Å². The van der Waals surface area contributed by atoms with Gasteiger partial charge in [-0.05, 0) is 70.5 Å². The molecule has 0 aliphatic carbocycles. The van der Waals surface area contributed by atoms with Crippen molar-refractivity contribution in [1.29, 1.82) is 0 Å². The molecule has 0 aromatic heterocycles. The van der Waals surface area contributed by atoms with Crippen LogP contribution in [0.1, 0.15) is 19.4 Å². The van der Waals surface area contributed by atoms with Crippen molar-refractivity contribution in [2.45, 2.75) is 13.8 Å². The van der Waals surface area contributed by atoms with Gasteiger partial charge in [-0.15, -0.1) is 0 Å². The molecule has 0 bridgehead atoms. The molecule has 0 nitrogen and oxygen atoms in total. The van der Waals surface area contributed by atoms with Crippen LogP contribution in [0.15, 0.2) is 109 Å². The Bertz CT molecular complexity index is 1030. The Labute approximate surface area is 167 Å². The van der Waals surface area contributed by atoms with E-state index in [1.165, 1.54) is 44.5 Å². The zero-order chi connectivity index (χ0) is 19.3. The minimum Gasteiger partial charge on any atom is -0.0841 e. The van der Waals surface area contributed by atoms with Crippen molar-refractivity contribution in [2.75, 3.05) is 0 Å². The molecule has 0 aliphatic rings. The maximum Gasteiger partial charge on any atom is -0.00264 e. The quantitative estimate of drug-likeness (QED) is 0.345. The largest absolute Gasteiger partial charge is 0.0841 e. The molecule has 0 spiro atoms. The average molecular weight is 361 g/mol. The van der Waals surface area contributed by atoms with Crippen LogP contribution >= 0.6 is 0 Å². The summed E-state index contributed by atoms with van der Waals surface area (Å²) in [6.07, 6.45) is 2.18. The molecule has 0 heteroatoms. The van der Waals surface area contributed by atoms with Gasteiger partial charge in [0.2, 0.25) is 0 Å². The number of benzene rings is 4. The first-order chi connectivity index (χ1) is 13.8. The van der Waals surface area contributed by atoms with E-state index in [9.17, 15) is 0 Å².